The zero-order chi connectivity index (χ0) is 15.7. The Labute approximate surface area is 130 Å². The first-order valence-electron chi connectivity index (χ1n) is 5.97. The predicted molar refractivity (Wildman–Crippen MR) is 84.6 cm³/mol. The van der Waals surface area contributed by atoms with E-state index in [2.05, 4.69) is 0 Å². The predicted octanol–water partition coefficient (Wildman–Crippen LogP) is 3.27. The maximum Gasteiger partial charge on any atom is 0.337 e. The molecule has 3 N–H and O–H groups in total. The molecule has 0 fully saturated rings. The minimum Gasteiger partial charge on any atom is -0.478 e. The van der Waals surface area contributed by atoms with Gasteiger partial charge in [-0.15, -0.1) is 11.3 Å². The van der Waals surface area contributed by atoms with Crippen molar-refractivity contribution in [3.05, 3.63) is 44.6 Å². The van der Waals surface area contributed by atoms with Crippen LogP contribution in [0, 0.1) is 6.92 Å². The van der Waals surface area contributed by atoms with Crippen molar-refractivity contribution in [3.63, 3.8) is 0 Å². The lowest BCUT2D eigenvalue weighted by molar-refractivity contribution is 0.0698. The number of rotatable bonds is 3. The average molecular weight is 325 g/mol. The van der Waals surface area contributed by atoms with E-state index in [1.54, 1.807) is 11.4 Å². The van der Waals surface area contributed by atoms with Gasteiger partial charge in [0.1, 0.15) is 4.88 Å². The molecule has 1 amide bonds. The molecular weight excluding hydrogens is 312 g/mol. The van der Waals surface area contributed by atoms with Crippen LogP contribution < -0.4 is 10.6 Å². The molecule has 1 heterocycles. The number of nitrogens with zero attached hydrogens (tertiary/aromatic N) is 1. The SMILES string of the molecule is Cc1csc(C(=O)N(C)c2ccc(N)cc2C(=O)O)c1Cl. The minimum absolute atomic E-state index is 0.0322. The number of hydrogen-bond acceptors (Lipinski definition) is 4. The van der Waals surface area contributed by atoms with Crippen LogP contribution in [0.3, 0.4) is 0 Å². The van der Waals surface area contributed by atoms with Gasteiger partial charge in [0.2, 0.25) is 0 Å². The van der Waals surface area contributed by atoms with Gasteiger partial charge in [-0.3, -0.25) is 4.79 Å². The molecule has 2 aromatic rings. The maximum atomic E-state index is 12.5. The Morgan fingerprint density at radius 1 is 1.38 bits per heavy atom. The van der Waals surface area contributed by atoms with Crippen molar-refractivity contribution in [2.24, 2.45) is 0 Å². The molecule has 0 radical (unpaired) electrons. The number of aryl methyl sites for hydroxylation is 1. The Bertz CT molecular complexity index is 727. The van der Waals surface area contributed by atoms with Crippen molar-refractivity contribution in [1.82, 2.24) is 0 Å². The lowest BCUT2D eigenvalue weighted by atomic mass is 10.1. The molecule has 2 rings (SSSR count). The highest BCUT2D eigenvalue weighted by Crippen LogP contribution is 2.30. The van der Waals surface area contributed by atoms with Crippen LogP contribution >= 0.6 is 22.9 Å². The summed E-state index contributed by atoms with van der Waals surface area (Å²) >= 11 is 7.32. The van der Waals surface area contributed by atoms with Crippen LogP contribution in [0.5, 0.6) is 0 Å². The number of benzene rings is 1. The first-order chi connectivity index (χ1) is 9.82. The molecule has 0 atom stereocenters. The van der Waals surface area contributed by atoms with E-state index in [0.29, 0.717) is 15.6 Å². The van der Waals surface area contributed by atoms with Crippen molar-refractivity contribution in [1.29, 1.82) is 0 Å². The summed E-state index contributed by atoms with van der Waals surface area (Å²) in [6.45, 7) is 1.81. The molecule has 0 spiro atoms. The molecule has 0 saturated carbocycles. The summed E-state index contributed by atoms with van der Waals surface area (Å²) in [5.41, 5.74) is 6.96. The number of nitrogen functional groups attached to an aromatic ring is 1. The zero-order valence-corrected chi connectivity index (χ0v) is 13.0. The molecule has 21 heavy (non-hydrogen) atoms. The molecule has 0 bridgehead atoms. The van der Waals surface area contributed by atoms with E-state index in [0.717, 1.165) is 5.56 Å². The van der Waals surface area contributed by atoms with Crippen molar-refractivity contribution in [3.8, 4) is 0 Å². The molecule has 0 aliphatic carbocycles. The number of halogens is 1. The number of hydrogen-bond donors (Lipinski definition) is 2. The highest BCUT2D eigenvalue weighted by atomic mass is 35.5. The number of anilines is 2. The second kappa shape index (κ2) is 5.75. The molecule has 0 aliphatic heterocycles. The molecule has 110 valence electrons. The fraction of sp³-hybridized carbons (Fsp3) is 0.143. The Morgan fingerprint density at radius 3 is 2.57 bits per heavy atom. The molecule has 0 aliphatic rings. The van der Waals surface area contributed by atoms with E-state index in [9.17, 15) is 14.7 Å². The Kier molecular flexibility index (Phi) is 4.20. The summed E-state index contributed by atoms with van der Waals surface area (Å²) in [5, 5.41) is 11.4. The lowest BCUT2D eigenvalue weighted by Crippen LogP contribution is -2.27. The number of aromatic carboxylic acids is 1. The van der Waals surface area contributed by atoms with Crippen molar-refractivity contribution in [2.75, 3.05) is 17.7 Å². The smallest absolute Gasteiger partial charge is 0.337 e. The quantitative estimate of drug-likeness (QED) is 0.849. The summed E-state index contributed by atoms with van der Waals surface area (Å²) in [5.74, 6) is -1.50. The van der Waals surface area contributed by atoms with E-state index in [4.69, 9.17) is 17.3 Å². The number of thiophene rings is 1. The summed E-state index contributed by atoms with van der Waals surface area (Å²) < 4.78 is 0. The Hall–Kier alpha value is -2.05. The second-order valence-electron chi connectivity index (χ2n) is 4.51. The third-order valence-electron chi connectivity index (χ3n) is 3.01. The largest absolute Gasteiger partial charge is 0.478 e. The Balaban J connectivity index is 2.45. The number of carboxylic acids is 1. The molecule has 5 nitrogen and oxygen atoms in total. The van der Waals surface area contributed by atoms with E-state index < -0.39 is 5.97 Å². The first-order valence-corrected chi connectivity index (χ1v) is 7.23. The summed E-state index contributed by atoms with van der Waals surface area (Å²) in [4.78, 5) is 25.4. The fourth-order valence-electron chi connectivity index (χ4n) is 1.85. The van der Waals surface area contributed by atoms with Gasteiger partial charge < -0.3 is 15.7 Å². The van der Waals surface area contributed by atoms with Crippen molar-refractivity contribution < 1.29 is 14.7 Å². The van der Waals surface area contributed by atoms with Gasteiger partial charge in [-0.2, -0.15) is 0 Å². The summed E-state index contributed by atoms with van der Waals surface area (Å²) in [6.07, 6.45) is 0. The molecular formula is C14H13ClN2O3S. The van der Waals surface area contributed by atoms with Crippen LogP contribution in [0.2, 0.25) is 5.02 Å². The van der Waals surface area contributed by atoms with Gasteiger partial charge in [-0.05, 0) is 36.1 Å². The number of carbonyl (C=O) groups excluding carboxylic acids is 1. The zero-order valence-electron chi connectivity index (χ0n) is 11.4. The highest BCUT2D eigenvalue weighted by molar-refractivity contribution is 7.13. The van der Waals surface area contributed by atoms with Gasteiger partial charge >= 0.3 is 5.97 Å². The van der Waals surface area contributed by atoms with Crippen LogP contribution in [0.15, 0.2) is 23.6 Å². The number of amides is 1. The maximum absolute atomic E-state index is 12.5. The topological polar surface area (TPSA) is 83.6 Å². The van der Waals surface area contributed by atoms with Gasteiger partial charge in [0.25, 0.3) is 5.91 Å². The third kappa shape index (κ3) is 2.86. The normalized spacial score (nSPS) is 10.4. The van der Waals surface area contributed by atoms with Crippen LogP contribution in [0.4, 0.5) is 11.4 Å². The van der Waals surface area contributed by atoms with Crippen LogP contribution in [-0.4, -0.2) is 24.0 Å². The summed E-state index contributed by atoms with van der Waals surface area (Å²) in [7, 11) is 1.51. The lowest BCUT2D eigenvalue weighted by Gasteiger charge is -2.19. The van der Waals surface area contributed by atoms with Crippen LogP contribution in [0.1, 0.15) is 25.6 Å². The van der Waals surface area contributed by atoms with E-state index in [1.807, 2.05) is 6.92 Å². The van der Waals surface area contributed by atoms with Crippen LogP contribution in [-0.2, 0) is 0 Å². The number of carbonyl (C=O) groups is 2. The fourth-order valence-corrected chi connectivity index (χ4v) is 3.10. The molecule has 0 saturated heterocycles. The second-order valence-corrected chi connectivity index (χ2v) is 5.77. The van der Waals surface area contributed by atoms with Crippen LogP contribution in [0.25, 0.3) is 0 Å². The van der Waals surface area contributed by atoms with Gasteiger partial charge in [0.05, 0.1) is 16.3 Å². The number of nitrogens with two attached hydrogens (primary N) is 1. The van der Waals surface area contributed by atoms with Gasteiger partial charge in [-0.1, -0.05) is 11.6 Å². The van der Waals surface area contributed by atoms with E-state index in [1.165, 1.54) is 35.4 Å². The molecule has 1 aromatic carbocycles. The van der Waals surface area contributed by atoms with Crippen molar-refractivity contribution in [2.45, 2.75) is 6.92 Å². The minimum atomic E-state index is -1.15. The van der Waals surface area contributed by atoms with Crippen molar-refractivity contribution >= 4 is 46.2 Å². The Morgan fingerprint density at radius 2 is 2.05 bits per heavy atom. The van der Waals surface area contributed by atoms with E-state index in [-0.39, 0.29) is 17.2 Å². The standard InChI is InChI=1S/C14H13ClN2O3S/c1-7-6-21-12(11(7)15)13(18)17(2)10-4-3-8(16)5-9(10)14(19)20/h3-6H,16H2,1-2H3,(H,19,20). The van der Waals surface area contributed by atoms with Gasteiger partial charge in [0.15, 0.2) is 0 Å². The van der Waals surface area contributed by atoms with Gasteiger partial charge in [0, 0.05) is 12.7 Å². The molecule has 1 aromatic heterocycles. The number of carboxylic acid groups (broad SMARTS) is 1. The molecule has 7 heteroatoms. The monoisotopic (exact) mass is 324 g/mol. The highest BCUT2D eigenvalue weighted by Gasteiger charge is 2.23. The summed E-state index contributed by atoms with van der Waals surface area (Å²) in [6, 6.07) is 4.38. The third-order valence-corrected chi connectivity index (χ3v) is 4.70. The van der Waals surface area contributed by atoms with Gasteiger partial charge in [-0.25, -0.2) is 4.79 Å². The van der Waals surface area contributed by atoms with E-state index >= 15 is 0 Å². The average Bonchev–Trinajstić information content (AvgIpc) is 2.77. The first kappa shape index (κ1) is 15.3. The molecule has 0 unspecified atom stereocenters.